The van der Waals surface area contributed by atoms with Gasteiger partial charge in [0, 0.05) is 49.4 Å². The molecule has 0 aliphatic carbocycles. The lowest BCUT2D eigenvalue weighted by molar-refractivity contribution is -0.139. The number of carbonyl (C=O) groups excluding carboxylic acids is 2. The number of carbonyl (C=O) groups is 2. The molecule has 1 fully saturated rings. The molecule has 0 unspecified atom stereocenters. The fraction of sp³-hybridized carbons (Fsp3) is 0.481. The first kappa shape index (κ1) is 31.6. The zero-order chi connectivity index (χ0) is 29.6. The Balaban J connectivity index is 1.81. The van der Waals surface area contributed by atoms with Crippen LogP contribution in [-0.4, -0.2) is 61.7 Å². The van der Waals surface area contributed by atoms with Gasteiger partial charge < -0.3 is 21.3 Å². The summed E-state index contributed by atoms with van der Waals surface area (Å²) in [7, 11) is 0. The topological polar surface area (TPSA) is 90.7 Å². The van der Waals surface area contributed by atoms with E-state index in [2.05, 4.69) is 10.6 Å². The molecule has 2 amide bonds. The largest absolute Gasteiger partial charge is 0.390 e. The summed E-state index contributed by atoms with van der Waals surface area (Å²) in [5.74, 6) is -3.86. The van der Waals surface area contributed by atoms with E-state index in [1.165, 1.54) is 18.2 Å². The molecule has 40 heavy (non-hydrogen) atoms. The number of nitrogens with zero attached hydrogens (tertiary/aromatic N) is 2. The van der Waals surface area contributed by atoms with Crippen molar-refractivity contribution in [1.82, 2.24) is 10.2 Å². The Kier molecular flexibility index (Phi) is 10.7. The number of rotatable bonds is 10. The summed E-state index contributed by atoms with van der Waals surface area (Å²) in [5, 5.41) is 5.32. The van der Waals surface area contributed by atoms with Crippen LogP contribution in [0.5, 0.6) is 0 Å². The Hall–Kier alpha value is -2.96. The molecular formula is C27H33ClF5N5O2. The van der Waals surface area contributed by atoms with Crippen LogP contribution in [0.2, 0.25) is 5.02 Å². The minimum Gasteiger partial charge on any atom is -0.367 e. The van der Waals surface area contributed by atoms with Gasteiger partial charge in [-0.2, -0.15) is 13.2 Å². The molecule has 0 aromatic heterocycles. The number of alkyl halides is 3. The lowest BCUT2D eigenvalue weighted by atomic mass is 9.99. The third-order valence-electron chi connectivity index (χ3n) is 6.65. The van der Waals surface area contributed by atoms with Crippen molar-refractivity contribution in [3.8, 4) is 0 Å². The van der Waals surface area contributed by atoms with Crippen molar-refractivity contribution in [2.24, 2.45) is 11.7 Å². The zero-order valence-corrected chi connectivity index (χ0v) is 23.0. The highest BCUT2D eigenvalue weighted by atomic mass is 35.5. The smallest absolute Gasteiger partial charge is 0.367 e. The average Bonchev–Trinajstić information content (AvgIpc) is 2.88. The van der Waals surface area contributed by atoms with Crippen LogP contribution in [0.4, 0.5) is 33.3 Å². The van der Waals surface area contributed by atoms with Gasteiger partial charge in [0.2, 0.25) is 5.91 Å². The standard InChI is InChI=1S/C27H33ClF5N5O2/c1-16(2)11-19-15-38(10-9-37(19)8-7-27(31,32)33)22-12-18(28)4-6-21(22)36-26(40)20-5-3-17(24(29)25(20)30)14-35-23(39)13-34/h3-6,12,16,19H,7-11,13-15,34H2,1-2H3,(H,35,39)(H,36,40)/t19-/m0/s1. The molecule has 0 spiro atoms. The van der Waals surface area contributed by atoms with E-state index in [-0.39, 0.29) is 37.2 Å². The molecule has 13 heteroatoms. The van der Waals surface area contributed by atoms with Crippen LogP contribution in [0, 0.1) is 17.6 Å². The molecule has 3 rings (SSSR count). The predicted octanol–water partition coefficient (Wildman–Crippen LogP) is 4.93. The average molecular weight is 590 g/mol. The van der Waals surface area contributed by atoms with E-state index >= 15 is 0 Å². The van der Waals surface area contributed by atoms with E-state index in [0.717, 1.165) is 6.07 Å². The van der Waals surface area contributed by atoms with Gasteiger partial charge in [-0.1, -0.05) is 31.5 Å². The number of halogens is 6. The number of nitrogens with one attached hydrogen (secondary N) is 2. The summed E-state index contributed by atoms with van der Waals surface area (Å²) in [6, 6.07) is 6.84. The van der Waals surface area contributed by atoms with Crippen molar-refractivity contribution in [3.63, 3.8) is 0 Å². The minimum atomic E-state index is -4.25. The predicted molar refractivity (Wildman–Crippen MR) is 144 cm³/mol. The van der Waals surface area contributed by atoms with Crippen LogP contribution in [-0.2, 0) is 11.3 Å². The molecule has 1 atom stereocenters. The summed E-state index contributed by atoms with van der Waals surface area (Å²) < 4.78 is 68.1. The molecule has 7 nitrogen and oxygen atoms in total. The van der Waals surface area contributed by atoms with Crippen LogP contribution in [0.1, 0.15) is 42.6 Å². The second-order valence-electron chi connectivity index (χ2n) is 10.1. The maximum absolute atomic E-state index is 14.8. The first-order valence-corrected chi connectivity index (χ1v) is 13.3. The van der Waals surface area contributed by atoms with Crippen molar-refractivity contribution < 1.29 is 31.5 Å². The van der Waals surface area contributed by atoms with Crippen LogP contribution < -0.4 is 21.3 Å². The second-order valence-corrected chi connectivity index (χ2v) is 10.6. The van der Waals surface area contributed by atoms with E-state index in [9.17, 15) is 31.5 Å². The summed E-state index contributed by atoms with van der Waals surface area (Å²) in [4.78, 5) is 28.1. The molecule has 1 saturated heterocycles. The maximum Gasteiger partial charge on any atom is 0.390 e. The number of nitrogens with two attached hydrogens (primary N) is 1. The molecule has 1 aliphatic heterocycles. The fourth-order valence-electron chi connectivity index (χ4n) is 4.67. The molecule has 2 aromatic rings. The van der Waals surface area contributed by atoms with Gasteiger partial charge in [-0.25, -0.2) is 8.78 Å². The van der Waals surface area contributed by atoms with Gasteiger partial charge in [-0.15, -0.1) is 0 Å². The molecular weight excluding hydrogens is 557 g/mol. The molecule has 0 radical (unpaired) electrons. The first-order valence-electron chi connectivity index (χ1n) is 12.9. The molecule has 1 heterocycles. The third-order valence-corrected chi connectivity index (χ3v) is 6.88. The number of anilines is 2. The monoisotopic (exact) mass is 589 g/mol. The highest BCUT2D eigenvalue weighted by Crippen LogP contribution is 2.33. The molecule has 4 N–H and O–H groups in total. The van der Waals surface area contributed by atoms with Gasteiger partial charge >= 0.3 is 6.18 Å². The number of hydrogen-bond donors (Lipinski definition) is 3. The Morgan fingerprint density at radius 3 is 2.50 bits per heavy atom. The zero-order valence-electron chi connectivity index (χ0n) is 22.3. The Morgan fingerprint density at radius 2 is 1.85 bits per heavy atom. The Morgan fingerprint density at radius 1 is 1.12 bits per heavy atom. The highest BCUT2D eigenvalue weighted by molar-refractivity contribution is 6.31. The quantitative estimate of drug-likeness (QED) is 0.342. The van der Waals surface area contributed by atoms with E-state index in [4.69, 9.17) is 17.3 Å². The van der Waals surface area contributed by atoms with E-state index in [1.807, 2.05) is 23.6 Å². The third kappa shape index (κ3) is 8.52. The van der Waals surface area contributed by atoms with Crippen molar-refractivity contribution in [2.45, 2.75) is 45.5 Å². The van der Waals surface area contributed by atoms with Gasteiger partial charge in [0.1, 0.15) is 0 Å². The molecule has 220 valence electrons. The van der Waals surface area contributed by atoms with Crippen molar-refractivity contribution in [3.05, 3.63) is 58.1 Å². The van der Waals surface area contributed by atoms with Gasteiger partial charge in [-0.05, 0) is 36.6 Å². The molecule has 0 saturated carbocycles. The van der Waals surface area contributed by atoms with Gasteiger partial charge in [-0.3, -0.25) is 14.5 Å². The number of benzene rings is 2. The normalized spacial score (nSPS) is 16.4. The molecule has 2 aromatic carbocycles. The van der Waals surface area contributed by atoms with E-state index in [1.54, 1.807) is 6.07 Å². The number of piperazine rings is 1. The molecule has 0 bridgehead atoms. The van der Waals surface area contributed by atoms with Crippen molar-refractivity contribution >= 4 is 34.8 Å². The van der Waals surface area contributed by atoms with Gasteiger partial charge in [0.25, 0.3) is 5.91 Å². The second kappa shape index (κ2) is 13.6. The van der Waals surface area contributed by atoms with Crippen molar-refractivity contribution in [2.75, 3.05) is 42.9 Å². The Labute approximate surface area is 234 Å². The number of amides is 2. The molecule has 1 aliphatic rings. The van der Waals surface area contributed by atoms with Gasteiger partial charge in [0.05, 0.1) is 29.9 Å². The lowest BCUT2D eigenvalue weighted by Gasteiger charge is -2.43. The summed E-state index contributed by atoms with van der Waals surface area (Å²) in [6.07, 6.45) is -4.49. The van der Waals surface area contributed by atoms with Crippen LogP contribution in [0.25, 0.3) is 0 Å². The SMILES string of the molecule is CC(C)C[C@H]1CN(c2cc(Cl)ccc2NC(=O)c2ccc(CNC(=O)CN)c(F)c2F)CCN1CCC(F)(F)F. The highest BCUT2D eigenvalue weighted by Gasteiger charge is 2.33. The van der Waals surface area contributed by atoms with Crippen molar-refractivity contribution in [1.29, 1.82) is 0 Å². The summed E-state index contributed by atoms with van der Waals surface area (Å²) in [6.45, 7) is 4.42. The van der Waals surface area contributed by atoms with E-state index < -0.39 is 41.6 Å². The lowest BCUT2D eigenvalue weighted by Crippen LogP contribution is -2.54. The summed E-state index contributed by atoms with van der Waals surface area (Å²) in [5.41, 5.74) is 5.32. The van der Waals surface area contributed by atoms with Crippen LogP contribution >= 0.6 is 11.6 Å². The fourth-order valence-corrected chi connectivity index (χ4v) is 4.84. The van der Waals surface area contributed by atoms with Crippen LogP contribution in [0.15, 0.2) is 30.3 Å². The summed E-state index contributed by atoms with van der Waals surface area (Å²) >= 11 is 6.24. The maximum atomic E-state index is 14.8. The number of hydrogen-bond acceptors (Lipinski definition) is 5. The minimum absolute atomic E-state index is 0.107. The van der Waals surface area contributed by atoms with Gasteiger partial charge in [0.15, 0.2) is 11.6 Å². The van der Waals surface area contributed by atoms with E-state index in [0.29, 0.717) is 42.5 Å². The first-order chi connectivity index (χ1) is 18.8. The Bertz CT molecular complexity index is 1210. The van der Waals surface area contributed by atoms with Crippen LogP contribution in [0.3, 0.4) is 0 Å².